The van der Waals surface area contributed by atoms with Crippen LogP contribution in [0.5, 0.6) is 0 Å². The maximum atomic E-state index is 6.09. The highest BCUT2D eigenvalue weighted by Gasteiger charge is 2.18. The van der Waals surface area contributed by atoms with E-state index in [1.807, 2.05) is 0 Å². The van der Waals surface area contributed by atoms with Crippen LogP contribution in [0.15, 0.2) is 12.1 Å². The summed E-state index contributed by atoms with van der Waals surface area (Å²) in [4.78, 5) is 0. The molecule has 1 aromatic rings. The van der Waals surface area contributed by atoms with Gasteiger partial charge < -0.3 is 5.73 Å². The smallest absolute Gasteiger partial charge is 0.0411 e. The number of rotatable bonds is 2. The summed E-state index contributed by atoms with van der Waals surface area (Å²) in [6.45, 7) is 2.87. The second kappa shape index (κ2) is 3.92. The fourth-order valence-corrected chi connectivity index (χ4v) is 2.52. The van der Waals surface area contributed by atoms with Gasteiger partial charge in [-0.15, -0.1) is 0 Å². The highest BCUT2D eigenvalue weighted by molar-refractivity contribution is 6.30. The Morgan fingerprint density at radius 3 is 2.93 bits per heavy atom. The van der Waals surface area contributed by atoms with Crippen molar-refractivity contribution in [3.63, 3.8) is 0 Å². The number of hydrogen-bond donors (Lipinski definition) is 1. The van der Waals surface area contributed by atoms with E-state index in [0.29, 0.717) is 12.5 Å². The Morgan fingerprint density at radius 2 is 2.21 bits per heavy atom. The predicted molar refractivity (Wildman–Crippen MR) is 60.9 cm³/mol. The lowest BCUT2D eigenvalue weighted by molar-refractivity contribution is 0.761. The molecule has 0 aliphatic heterocycles. The van der Waals surface area contributed by atoms with Gasteiger partial charge in [0.2, 0.25) is 0 Å². The number of halogens is 1. The van der Waals surface area contributed by atoms with Gasteiger partial charge in [0.15, 0.2) is 0 Å². The van der Waals surface area contributed by atoms with Gasteiger partial charge in [-0.05, 0) is 60.5 Å². The Balaban J connectivity index is 2.48. The molecule has 0 bridgehead atoms. The molecule has 76 valence electrons. The molecule has 1 aliphatic carbocycles. The summed E-state index contributed by atoms with van der Waals surface area (Å²) in [6, 6.07) is 4.19. The molecular formula is C12H16ClN. The van der Waals surface area contributed by atoms with Gasteiger partial charge in [-0.25, -0.2) is 0 Å². The third-order valence-electron chi connectivity index (χ3n) is 3.10. The lowest BCUT2D eigenvalue weighted by Gasteiger charge is -2.14. The molecule has 2 rings (SSSR count). The van der Waals surface area contributed by atoms with Crippen molar-refractivity contribution in [3.8, 4) is 0 Å². The third-order valence-corrected chi connectivity index (χ3v) is 3.32. The van der Waals surface area contributed by atoms with Crippen LogP contribution in [-0.2, 0) is 12.8 Å². The Hall–Kier alpha value is -0.530. The summed E-state index contributed by atoms with van der Waals surface area (Å²) in [7, 11) is 0. The zero-order chi connectivity index (χ0) is 10.1. The van der Waals surface area contributed by atoms with Crippen LogP contribution in [0, 0.1) is 0 Å². The molecule has 2 heteroatoms. The van der Waals surface area contributed by atoms with Gasteiger partial charge in [0.25, 0.3) is 0 Å². The van der Waals surface area contributed by atoms with E-state index in [0.717, 1.165) is 5.02 Å². The molecule has 1 atom stereocenters. The minimum atomic E-state index is 0.431. The summed E-state index contributed by atoms with van der Waals surface area (Å²) in [5.41, 5.74) is 10.0. The first-order valence-corrected chi connectivity index (χ1v) is 5.61. The van der Waals surface area contributed by atoms with Crippen molar-refractivity contribution in [3.05, 3.63) is 33.8 Å². The summed E-state index contributed by atoms with van der Waals surface area (Å²) in [6.07, 6.45) is 3.65. The zero-order valence-electron chi connectivity index (χ0n) is 8.52. The van der Waals surface area contributed by atoms with E-state index in [4.69, 9.17) is 17.3 Å². The molecule has 2 N–H and O–H groups in total. The maximum absolute atomic E-state index is 6.09. The van der Waals surface area contributed by atoms with Gasteiger partial charge in [0, 0.05) is 5.02 Å². The van der Waals surface area contributed by atoms with E-state index in [9.17, 15) is 0 Å². The molecule has 0 fully saturated rings. The number of nitrogens with two attached hydrogens (primary N) is 1. The highest BCUT2D eigenvalue weighted by atomic mass is 35.5. The lowest BCUT2D eigenvalue weighted by atomic mass is 9.93. The molecular weight excluding hydrogens is 194 g/mol. The van der Waals surface area contributed by atoms with Gasteiger partial charge in [-0.1, -0.05) is 18.5 Å². The van der Waals surface area contributed by atoms with E-state index in [1.54, 1.807) is 0 Å². The molecule has 0 aromatic heterocycles. The van der Waals surface area contributed by atoms with Gasteiger partial charge in [0.05, 0.1) is 0 Å². The molecule has 0 saturated heterocycles. The van der Waals surface area contributed by atoms with Gasteiger partial charge >= 0.3 is 0 Å². The van der Waals surface area contributed by atoms with Crippen LogP contribution in [0.25, 0.3) is 0 Å². The SMILES string of the molecule is CC(CN)c1cc(Cl)cc2c1CCC2. The summed E-state index contributed by atoms with van der Waals surface area (Å²) < 4.78 is 0. The molecule has 0 radical (unpaired) electrons. The average molecular weight is 210 g/mol. The summed E-state index contributed by atoms with van der Waals surface area (Å²) in [5, 5.41) is 0.862. The van der Waals surface area contributed by atoms with E-state index >= 15 is 0 Å². The molecule has 0 amide bonds. The standard InChI is InChI=1S/C12H16ClN/c1-8(7-14)12-6-10(13)5-9-3-2-4-11(9)12/h5-6,8H,2-4,7,14H2,1H3. The van der Waals surface area contributed by atoms with Crippen LogP contribution < -0.4 is 5.73 Å². The summed E-state index contributed by atoms with van der Waals surface area (Å²) in [5.74, 6) is 0.431. The van der Waals surface area contributed by atoms with E-state index < -0.39 is 0 Å². The first kappa shape index (κ1) is 10.0. The second-order valence-corrected chi connectivity index (χ2v) is 4.56. The Kier molecular flexibility index (Phi) is 2.80. The van der Waals surface area contributed by atoms with Crippen molar-refractivity contribution in [1.29, 1.82) is 0 Å². The van der Waals surface area contributed by atoms with Gasteiger partial charge in [0.1, 0.15) is 0 Å². The van der Waals surface area contributed by atoms with Gasteiger partial charge in [-0.3, -0.25) is 0 Å². The fourth-order valence-electron chi connectivity index (χ4n) is 2.27. The van der Waals surface area contributed by atoms with Crippen LogP contribution in [0.1, 0.15) is 36.0 Å². The largest absolute Gasteiger partial charge is 0.330 e. The Labute approximate surface area is 90.3 Å². The fraction of sp³-hybridized carbons (Fsp3) is 0.500. The molecule has 1 aromatic carbocycles. The predicted octanol–water partition coefficient (Wildman–Crippen LogP) is 2.89. The van der Waals surface area contributed by atoms with E-state index in [1.165, 1.54) is 36.0 Å². The average Bonchev–Trinajstić information content (AvgIpc) is 2.62. The number of hydrogen-bond acceptors (Lipinski definition) is 1. The minimum absolute atomic E-state index is 0.431. The number of fused-ring (bicyclic) bond motifs is 1. The Morgan fingerprint density at radius 1 is 1.43 bits per heavy atom. The Bertz CT molecular complexity index is 346. The normalized spacial score (nSPS) is 16.8. The molecule has 1 nitrogen and oxygen atoms in total. The van der Waals surface area contributed by atoms with Gasteiger partial charge in [-0.2, -0.15) is 0 Å². The highest BCUT2D eigenvalue weighted by Crippen LogP contribution is 2.32. The van der Waals surface area contributed by atoms with Crippen molar-refractivity contribution < 1.29 is 0 Å². The molecule has 0 saturated carbocycles. The topological polar surface area (TPSA) is 26.0 Å². The molecule has 0 heterocycles. The lowest BCUT2D eigenvalue weighted by Crippen LogP contribution is -2.11. The number of benzene rings is 1. The quantitative estimate of drug-likeness (QED) is 0.797. The molecule has 14 heavy (non-hydrogen) atoms. The van der Waals surface area contributed by atoms with Crippen LogP contribution in [0.3, 0.4) is 0 Å². The van der Waals surface area contributed by atoms with Crippen LogP contribution in [0.4, 0.5) is 0 Å². The second-order valence-electron chi connectivity index (χ2n) is 4.12. The van der Waals surface area contributed by atoms with Crippen molar-refractivity contribution in [1.82, 2.24) is 0 Å². The van der Waals surface area contributed by atoms with E-state index in [-0.39, 0.29) is 0 Å². The first-order valence-electron chi connectivity index (χ1n) is 5.23. The van der Waals surface area contributed by atoms with Crippen LogP contribution >= 0.6 is 11.6 Å². The monoisotopic (exact) mass is 209 g/mol. The number of aryl methyl sites for hydroxylation is 1. The van der Waals surface area contributed by atoms with Crippen LogP contribution in [0.2, 0.25) is 5.02 Å². The molecule has 1 aliphatic rings. The minimum Gasteiger partial charge on any atom is -0.330 e. The zero-order valence-corrected chi connectivity index (χ0v) is 9.27. The molecule has 1 unspecified atom stereocenters. The van der Waals surface area contributed by atoms with Crippen LogP contribution in [-0.4, -0.2) is 6.54 Å². The van der Waals surface area contributed by atoms with Crippen molar-refractivity contribution in [2.24, 2.45) is 5.73 Å². The van der Waals surface area contributed by atoms with Crippen molar-refractivity contribution >= 4 is 11.6 Å². The van der Waals surface area contributed by atoms with Crippen molar-refractivity contribution in [2.75, 3.05) is 6.54 Å². The van der Waals surface area contributed by atoms with E-state index in [2.05, 4.69) is 19.1 Å². The van der Waals surface area contributed by atoms with Crippen molar-refractivity contribution in [2.45, 2.75) is 32.1 Å². The third kappa shape index (κ3) is 1.67. The maximum Gasteiger partial charge on any atom is 0.0411 e. The first-order chi connectivity index (χ1) is 6.72. The summed E-state index contributed by atoms with van der Waals surface area (Å²) >= 11 is 6.09. The molecule has 0 spiro atoms.